The molecule has 0 radical (unpaired) electrons. The van der Waals surface area contributed by atoms with E-state index in [1.807, 2.05) is 0 Å². The summed E-state index contributed by atoms with van der Waals surface area (Å²) in [6, 6.07) is 10.7. The predicted molar refractivity (Wildman–Crippen MR) is 302 cm³/mol. The first-order valence-corrected chi connectivity index (χ1v) is 27.0. The molecule has 0 amide bonds. The maximum Gasteiger partial charge on any atom is 0.324 e. The number of ether oxygens (including phenoxy) is 1. The molecule has 1 heterocycles. The number of carbonyl (C=O) groups is 1. The minimum Gasteiger partial charge on any atom is -0.468 e. The number of carbonyl (C=O) groups excluding carboxylic acids is 1. The van der Waals surface area contributed by atoms with Gasteiger partial charge in [0.2, 0.25) is 0 Å². The quantitative estimate of drug-likeness (QED) is 0.139. The van der Waals surface area contributed by atoms with Gasteiger partial charge in [-0.3, -0.25) is 10.1 Å². The van der Waals surface area contributed by atoms with Crippen LogP contribution < -0.4 is 5.32 Å². The summed E-state index contributed by atoms with van der Waals surface area (Å²) in [7, 11) is 1.68. The molecule has 1 fully saturated rings. The fraction of sp³-hybridized carbons (Fsp3) is 0.0714. The van der Waals surface area contributed by atoms with Crippen molar-refractivity contribution in [1.82, 2.24) is 5.32 Å². The van der Waals surface area contributed by atoms with E-state index in [1.54, 1.807) is 266 Å². The van der Waals surface area contributed by atoms with Gasteiger partial charge < -0.3 is 4.74 Å². The Morgan fingerprint density at radius 3 is 0.699 bits per heavy atom. The van der Waals surface area contributed by atoms with E-state index in [0.29, 0.717) is 0 Å². The molecule has 29 aromatic rings. The molecule has 1 N–H and O–H groups in total. The van der Waals surface area contributed by atoms with E-state index in [9.17, 15) is 0 Å². The van der Waals surface area contributed by atoms with Gasteiger partial charge in [-0.1, -0.05) is 30.3 Å². The highest BCUT2D eigenvalue weighted by molar-refractivity contribution is 6.82. The molecule has 3 heteroatoms. The Labute approximate surface area is 397 Å². The van der Waals surface area contributed by atoms with Crippen molar-refractivity contribution in [3.63, 3.8) is 0 Å². The molecule has 4 aliphatic carbocycles. The second-order valence-electron chi connectivity index (χ2n) is 26.3. The van der Waals surface area contributed by atoms with E-state index < -0.39 is 16.9 Å². The fourth-order valence-corrected chi connectivity index (χ4v) is 26.2. The van der Waals surface area contributed by atoms with E-state index in [-0.39, 0.29) is 12.0 Å². The van der Waals surface area contributed by atoms with E-state index in [2.05, 4.69) is 35.6 Å². The number of methoxy groups -OCH3 is 1. The normalized spacial score (nSPS) is 24.1. The molecule has 1 saturated heterocycles. The summed E-state index contributed by atoms with van der Waals surface area (Å²) in [5.74, 6) is -0.115. The summed E-state index contributed by atoms with van der Waals surface area (Å²) in [6.07, 6.45) is 0. The van der Waals surface area contributed by atoms with Crippen molar-refractivity contribution in [3.8, 4) is 0 Å². The molecule has 0 aromatic heterocycles. The average Bonchev–Trinajstić information content (AvgIpc) is 4.26. The van der Waals surface area contributed by atoms with Crippen molar-refractivity contribution in [2.45, 2.75) is 22.9 Å². The second-order valence-corrected chi connectivity index (χ2v) is 26.3. The number of benzene rings is 19. The van der Waals surface area contributed by atoms with Crippen molar-refractivity contribution in [1.29, 1.82) is 0 Å². The Hall–Kier alpha value is -8.89. The van der Waals surface area contributed by atoms with Crippen LogP contribution in [-0.4, -0.2) is 19.1 Å². The molecule has 2 spiro atoms. The van der Waals surface area contributed by atoms with Crippen LogP contribution >= 0.6 is 0 Å². The number of esters is 1. The molecule has 0 unspecified atom stereocenters. The number of hydrogen-bond acceptors (Lipinski definition) is 3. The van der Waals surface area contributed by atoms with E-state index >= 15 is 4.79 Å². The van der Waals surface area contributed by atoms with Gasteiger partial charge in [-0.05, 0) is 319 Å². The van der Waals surface area contributed by atoms with Crippen LogP contribution in [0.15, 0.2) is 30.3 Å². The van der Waals surface area contributed by atoms with Gasteiger partial charge in [0, 0.05) is 6.04 Å². The molecule has 73 heavy (non-hydrogen) atoms. The van der Waals surface area contributed by atoms with Crippen LogP contribution in [0.4, 0.5) is 0 Å². The van der Waals surface area contributed by atoms with Crippen LogP contribution in [0.3, 0.4) is 0 Å². The van der Waals surface area contributed by atoms with Crippen molar-refractivity contribution in [2.75, 3.05) is 7.11 Å². The lowest BCUT2D eigenvalue weighted by Crippen LogP contribution is -2.57. The first-order valence-electron chi connectivity index (χ1n) is 27.0. The summed E-state index contributed by atoms with van der Waals surface area (Å²) in [5.41, 5.74) is 5.98. The standard InChI is InChI=1S/C70H11NO2/c1-73-68(72)67-70-64-58-48-38-28-20-12-9-8-10-14-16(12)24-30-22(14)32-26-18(10)19-11(8)15-17-13(9)21(20)29-35-25(17)31-23(15)33-27(19)37-36(26)46-40(32)50-44(30)52(42(48)34(24)28)60(64)56(50)62-54(46)55-47(37)41(33)51-45(31)53-43(35)49(39(29)38)59(58)65(70)61(53)57(51)63(55)69(62,70)66(71-67)7-5-3-2-4-6-7/h2-6,66-67,71H,1H3/t66-,67+,69?,70?/m1/s1. The minimum absolute atomic E-state index is 0.115. The first-order chi connectivity index (χ1) is 36.3. The lowest BCUT2D eigenvalue weighted by Gasteiger charge is -2.53. The third kappa shape index (κ3) is 1.49. The molecule has 5 aliphatic rings. The molecule has 0 bridgehead atoms. The van der Waals surface area contributed by atoms with Gasteiger partial charge in [-0.25, -0.2) is 0 Å². The average molecular weight is 898 g/mol. The number of hydrogen-bond donors (Lipinski definition) is 1. The Balaban J connectivity index is 1.17. The third-order valence-corrected chi connectivity index (χ3v) is 26.2. The largest absolute Gasteiger partial charge is 0.468 e. The Bertz CT molecular complexity index is 7320. The lowest BCUT2D eigenvalue weighted by molar-refractivity contribution is -0.144. The molecule has 1 aliphatic heterocycles. The molecule has 308 valence electrons. The maximum absolute atomic E-state index is 16.0. The maximum atomic E-state index is 16.0. The highest BCUT2D eigenvalue weighted by Gasteiger charge is 2.79. The zero-order valence-electron chi connectivity index (χ0n) is 37.4. The van der Waals surface area contributed by atoms with Crippen LogP contribution in [0, 0.1) is 0 Å². The third-order valence-electron chi connectivity index (χ3n) is 26.2. The Morgan fingerprint density at radius 1 is 0.301 bits per heavy atom. The summed E-state index contributed by atoms with van der Waals surface area (Å²) >= 11 is 0. The molecule has 0 saturated carbocycles. The van der Waals surface area contributed by atoms with Crippen molar-refractivity contribution >= 4 is 297 Å². The number of nitrogens with one attached hydrogen (secondary N) is 1. The van der Waals surface area contributed by atoms with Crippen LogP contribution in [0.5, 0.6) is 0 Å². The van der Waals surface area contributed by atoms with Gasteiger partial charge in [0.25, 0.3) is 0 Å². The van der Waals surface area contributed by atoms with Crippen LogP contribution in [0.2, 0.25) is 0 Å². The van der Waals surface area contributed by atoms with Crippen LogP contribution in [-0.2, 0) is 20.4 Å². The number of rotatable bonds is 2. The van der Waals surface area contributed by atoms with Gasteiger partial charge in [0.15, 0.2) is 0 Å². The predicted octanol–water partition coefficient (Wildman–Crippen LogP) is 17.2. The zero-order valence-corrected chi connectivity index (χ0v) is 37.4. The van der Waals surface area contributed by atoms with E-state index in [4.69, 9.17) is 4.74 Å². The molecule has 3 nitrogen and oxygen atoms in total. The van der Waals surface area contributed by atoms with Crippen LogP contribution in [0.1, 0.15) is 33.9 Å². The van der Waals surface area contributed by atoms with Gasteiger partial charge in [0.05, 0.1) is 17.9 Å². The molecule has 34 rings (SSSR count). The van der Waals surface area contributed by atoms with Crippen molar-refractivity contribution in [2.24, 2.45) is 0 Å². The molecule has 2 atom stereocenters. The van der Waals surface area contributed by atoms with Gasteiger partial charge in [0.1, 0.15) is 6.04 Å². The Kier molecular flexibility index (Phi) is 2.40. The second kappa shape index (κ2) is 6.33. The lowest BCUT2D eigenvalue weighted by atomic mass is 9.46. The SMILES string of the molecule is COC(=O)[C@@H]1N[C@H](c2ccccc2)C23c4c5c6c7c8c9c(c%10c%11c2c2c4c4c%12c5c5c6c6c8c8c%13c9c9c%10c%10c%11c%11c2c2c4c4c%12c%12c5c5c6c8c6c8c%13c9c9c%10c%10c%11c2c2c4c4c%12c5c6c5c8c9c%10c2c45)C713. The molecular weight excluding hydrogens is 887 g/mol. The molecular formula is C70H11NO2. The van der Waals surface area contributed by atoms with Crippen LogP contribution in [0.25, 0.3) is 291 Å². The summed E-state index contributed by atoms with van der Waals surface area (Å²) in [4.78, 5) is 16.0. The zero-order chi connectivity index (χ0) is 43.7. The highest BCUT2D eigenvalue weighted by atomic mass is 16.5. The summed E-state index contributed by atoms with van der Waals surface area (Å²) < 4.78 is 6.36. The van der Waals surface area contributed by atoms with E-state index in [0.717, 1.165) is 0 Å². The van der Waals surface area contributed by atoms with Gasteiger partial charge >= 0.3 is 5.97 Å². The van der Waals surface area contributed by atoms with Gasteiger partial charge in [-0.2, -0.15) is 0 Å². The summed E-state index contributed by atoms with van der Waals surface area (Å²) in [6.45, 7) is 0. The smallest absolute Gasteiger partial charge is 0.324 e. The summed E-state index contributed by atoms with van der Waals surface area (Å²) in [5, 5.41) is 89.5. The highest BCUT2D eigenvalue weighted by Crippen LogP contribution is 2.87. The van der Waals surface area contributed by atoms with E-state index in [1.165, 1.54) is 59.8 Å². The van der Waals surface area contributed by atoms with Crippen molar-refractivity contribution in [3.05, 3.63) is 58.1 Å². The van der Waals surface area contributed by atoms with Crippen molar-refractivity contribution < 1.29 is 9.53 Å². The monoisotopic (exact) mass is 897 g/mol. The minimum atomic E-state index is -0.772. The fourth-order valence-electron chi connectivity index (χ4n) is 26.2. The molecule has 29 aromatic carbocycles. The Morgan fingerprint density at radius 2 is 0.493 bits per heavy atom. The van der Waals surface area contributed by atoms with Gasteiger partial charge in [-0.15, -0.1) is 0 Å². The topological polar surface area (TPSA) is 38.3 Å². The first kappa shape index (κ1) is 27.6.